The van der Waals surface area contributed by atoms with Crippen molar-refractivity contribution in [2.45, 2.75) is 24.8 Å². The van der Waals surface area contributed by atoms with Gasteiger partial charge in [-0.15, -0.1) is 11.8 Å². The fraction of sp³-hybridized carbons (Fsp3) is 0.667. The lowest BCUT2D eigenvalue weighted by atomic mass is 9.77. The molecule has 0 aromatic carbocycles. The van der Waals surface area contributed by atoms with E-state index in [2.05, 4.69) is 5.32 Å². The average molecular weight is 228 g/mol. The minimum Gasteiger partial charge on any atom is -0.480 e. The van der Waals surface area contributed by atoms with Crippen LogP contribution in [0.3, 0.4) is 0 Å². The summed E-state index contributed by atoms with van der Waals surface area (Å²) in [6.07, 6.45) is 1.83. The van der Waals surface area contributed by atoms with E-state index in [0.29, 0.717) is 12.8 Å². The summed E-state index contributed by atoms with van der Waals surface area (Å²) in [6.45, 7) is 0. The van der Waals surface area contributed by atoms with Crippen molar-refractivity contribution in [2.75, 3.05) is 11.5 Å². The summed E-state index contributed by atoms with van der Waals surface area (Å²) in [5.41, 5.74) is -1.04. The second-order valence-electron chi connectivity index (χ2n) is 3.44. The van der Waals surface area contributed by atoms with E-state index in [4.69, 9.17) is 10.4 Å². The topological polar surface area (TPSA) is 90.2 Å². The lowest BCUT2D eigenvalue weighted by molar-refractivity contribution is -0.151. The molecule has 0 aliphatic heterocycles. The Morgan fingerprint density at radius 2 is 2.20 bits per heavy atom. The average Bonchev–Trinajstić information content (AvgIpc) is 2.11. The van der Waals surface area contributed by atoms with Crippen molar-refractivity contribution < 1.29 is 14.7 Å². The first-order valence-electron chi connectivity index (χ1n) is 4.60. The highest BCUT2D eigenvalue weighted by Gasteiger charge is 2.45. The molecule has 0 radical (unpaired) electrons. The molecule has 0 bridgehead atoms. The van der Waals surface area contributed by atoms with Gasteiger partial charge in [-0.3, -0.25) is 4.79 Å². The Kier molecular flexibility index (Phi) is 3.97. The molecule has 1 fully saturated rings. The largest absolute Gasteiger partial charge is 0.480 e. The van der Waals surface area contributed by atoms with Crippen LogP contribution in [0.5, 0.6) is 0 Å². The van der Waals surface area contributed by atoms with Crippen molar-refractivity contribution in [3.8, 4) is 6.07 Å². The Morgan fingerprint density at radius 1 is 1.53 bits per heavy atom. The summed E-state index contributed by atoms with van der Waals surface area (Å²) in [4.78, 5) is 22.2. The number of hydrogen-bond donors (Lipinski definition) is 2. The summed E-state index contributed by atoms with van der Waals surface area (Å²) in [6, 6.07) is 1.90. The van der Waals surface area contributed by atoms with Gasteiger partial charge in [-0.2, -0.15) is 5.26 Å². The molecule has 0 aromatic rings. The molecule has 1 aliphatic rings. The number of carboxylic acid groups (broad SMARTS) is 1. The molecule has 2 N–H and O–H groups in total. The second kappa shape index (κ2) is 5.03. The molecule has 0 spiro atoms. The van der Waals surface area contributed by atoms with Crippen molar-refractivity contribution in [3.63, 3.8) is 0 Å². The van der Waals surface area contributed by atoms with Crippen LogP contribution in [-0.4, -0.2) is 34.0 Å². The number of hydrogen-bond acceptors (Lipinski definition) is 4. The van der Waals surface area contributed by atoms with E-state index in [0.717, 1.165) is 6.42 Å². The summed E-state index contributed by atoms with van der Waals surface area (Å²) in [7, 11) is 0. The monoisotopic (exact) mass is 228 g/mol. The molecule has 1 rings (SSSR count). The summed E-state index contributed by atoms with van der Waals surface area (Å²) in [5.74, 6) is -0.888. The number of amides is 1. The molecule has 0 heterocycles. The third-order valence-electron chi connectivity index (χ3n) is 2.39. The van der Waals surface area contributed by atoms with Crippen LogP contribution in [0.25, 0.3) is 0 Å². The van der Waals surface area contributed by atoms with Crippen LogP contribution in [0.2, 0.25) is 0 Å². The maximum Gasteiger partial charge on any atom is 0.329 e. The van der Waals surface area contributed by atoms with Crippen LogP contribution in [0.1, 0.15) is 19.3 Å². The molecule has 1 saturated carbocycles. The van der Waals surface area contributed by atoms with Gasteiger partial charge in [0.05, 0.1) is 17.6 Å². The van der Waals surface area contributed by atoms with Gasteiger partial charge in [-0.25, -0.2) is 4.79 Å². The Bertz CT molecular complexity index is 307. The van der Waals surface area contributed by atoms with E-state index in [1.165, 1.54) is 11.8 Å². The standard InChI is InChI=1S/C9H12N2O3S/c10-4-5-15-6-7(12)11-9(8(13)14)2-1-3-9/h1-3,5-6H2,(H,11,12)(H,13,14). The summed E-state index contributed by atoms with van der Waals surface area (Å²) in [5, 5.41) is 19.7. The molecule has 1 amide bonds. The molecule has 1 aliphatic carbocycles. The zero-order valence-corrected chi connectivity index (χ0v) is 8.97. The fourth-order valence-corrected chi connectivity index (χ4v) is 1.87. The predicted octanol–water partition coefficient (Wildman–Crippen LogP) is 0.367. The van der Waals surface area contributed by atoms with Crippen LogP contribution in [0.4, 0.5) is 0 Å². The minimum absolute atomic E-state index is 0.141. The van der Waals surface area contributed by atoms with Gasteiger partial charge in [-0.05, 0) is 19.3 Å². The highest BCUT2D eigenvalue weighted by atomic mass is 32.2. The van der Waals surface area contributed by atoms with E-state index in [-0.39, 0.29) is 17.4 Å². The van der Waals surface area contributed by atoms with E-state index >= 15 is 0 Å². The van der Waals surface area contributed by atoms with Crippen molar-refractivity contribution in [1.29, 1.82) is 5.26 Å². The molecule has 5 nitrogen and oxygen atoms in total. The van der Waals surface area contributed by atoms with Gasteiger partial charge in [0.1, 0.15) is 5.54 Å². The number of nitrogens with one attached hydrogen (secondary N) is 1. The molecule has 15 heavy (non-hydrogen) atoms. The lowest BCUT2D eigenvalue weighted by Crippen LogP contribution is -2.59. The Morgan fingerprint density at radius 3 is 2.60 bits per heavy atom. The number of carbonyl (C=O) groups is 2. The van der Waals surface area contributed by atoms with E-state index in [1.807, 2.05) is 6.07 Å². The third-order valence-corrected chi connectivity index (χ3v) is 3.19. The molecule has 0 atom stereocenters. The Hall–Kier alpha value is -1.22. The first-order chi connectivity index (χ1) is 7.10. The van der Waals surface area contributed by atoms with Gasteiger partial charge in [0.2, 0.25) is 5.91 Å². The summed E-state index contributed by atoms with van der Waals surface area (Å²) < 4.78 is 0. The maximum absolute atomic E-state index is 11.3. The zero-order valence-electron chi connectivity index (χ0n) is 8.15. The maximum atomic E-state index is 11.3. The number of nitriles is 1. The van der Waals surface area contributed by atoms with E-state index in [1.54, 1.807) is 0 Å². The van der Waals surface area contributed by atoms with Gasteiger partial charge in [0.15, 0.2) is 0 Å². The minimum atomic E-state index is -1.04. The lowest BCUT2D eigenvalue weighted by Gasteiger charge is -2.38. The molecular weight excluding hydrogens is 216 g/mol. The SMILES string of the molecule is N#CCSCC(=O)NC1(C(=O)O)CCC1. The number of carboxylic acids is 1. The number of thioether (sulfide) groups is 1. The predicted molar refractivity (Wildman–Crippen MR) is 55.3 cm³/mol. The third kappa shape index (κ3) is 2.86. The van der Waals surface area contributed by atoms with Crippen molar-refractivity contribution in [3.05, 3.63) is 0 Å². The van der Waals surface area contributed by atoms with Gasteiger partial charge in [-0.1, -0.05) is 0 Å². The van der Waals surface area contributed by atoms with Gasteiger partial charge < -0.3 is 10.4 Å². The highest BCUT2D eigenvalue weighted by molar-refractivity contribution is 8.00. The first kappa shape index (κ1) is 11.9. The van der Waals surface area contributed by atoms with Gasteiger partial charge >= 0.3 is 5.97 Å². The van der Waals surface area contributed by atoms with Gasteiger partial charge in [0, 0.05) is 0 Å². The smallest absolute Gasteiger partial charge is 0.329 e. The van der Waals surface area contributed by atoms with E-state index < -0.39 is 11.5 Å². The molecular formula is C9H12N2O3S. The first-order valence-corrected chi connectivity index (χ1v) is 5.75. The number of aliphatic carboxylic acids is 1. The van der Waals surface area contributed by atoms with Crippen molar-refractivity contribution in [1.82, 2.24) is 5.32 Å². The molecule has 0 unspecified atom stereocenters. The van der Waals surface area contributed by atoms with Crippen LogP contribution in [-0.2, 0) is 9.59 Å². The van der Waals surface area contributed by atoms with Crippen LogP contribution in [0.15, 0.2) is 0 Å². The molecule has 6 heteroatoms. The fourth-order valence-electron chi connectivity index (χ4n) is 1.41. The molecule has 0 saturated heterocycles. The molecule has 82 valence electrons. The normalized spacial score (nSPS) is 17.3. The summed E-state index contributed by atoms with van der Waals surface area (Å²) >= 11 is 1.18. The van der Waals surface area contributed by atoms with Crippen LogP contribution >= 0.6 is 11.8 Å². The highest BCUT2D eigenvalue weighted by Crippen LogP contribution is 2.32. The van der Waals surface area contributed by atoms with Crippen LogP contribution < -0.4 is 5.32 Å². The number of nitrogens with zero attached hydrogens (tertiary/aromatic N) is 1. The quantitative estimate of drug-likeness (QED) is 0.663. The van der Waals surface area contributed by atoms with Crippen molar-refractivity contribution >= 4 is 23.6 Å². The number of rotatable bonds is 5. The molecule has 0 aromatic heterocycles. The van der Waals surface area contributed by atoms with Crippen LogP contribution in [0, 0.1) is 11.3 Å². The zero-order chi connectivity index (χ0) is 11.3. The van der Waals surface area contributed by atoms with Crippen molar-refractivity contribution in [2.24, 2.45) is 0 Å². The second-order valence-corrected chi connectivity index (χ2v) is 4.43. The Balaban J connectivity index is 2.36. The number of carbonyl (C=O) groups excluding carboxylic acids is 1. The Labute approximate surface area is 91.8 Å². The van der Waals surface area contributed by atoms with E-state index in [9.17, 15) is 9.59 Å². The van der Waals surface area contributed by atoms with Gasteiger partial charge in [0.25, 0.3) is 0 Å².